The van der Waals surface area contributed by atoms with Gasteiger partial charge in [-0.15, -0.1) is 0 Å². The Bertz CT molecular complexity index is 464. The Balaban J connectivity index is 1.94. The molecule has 8 heteroatoms. The van der Waals surface area contributed by atoms with Crippen LogP contribution in [0.4, 0.5) is 18.0 Å². The number of carbonyl (C=O) groups excluding carboxylic acids is 1. The summed E-state index contributed by atoms with van der Waals surface area (Å²) in [6.07, 6.45) is -1.84. The molecule has 1 fully saturated rings. The lowest BCUT2D eigenvalue weighted by atomic mass is 10.1. The van der Waals surface area contributed by atoms with Crippen molar-refractivity contribution in [2.45, 2.75) is 32.0 Å². The van der Waals surface area contributed by atoms with Crippen molar-refractivity contribution in [2.24, 2.45) is 0 Å². The molecular formula is C12H17F3N4O. The number of nitrogens with one attached hydrogen (secondary N) is 1. The van der Waals surface area contributed by atoms with E-state index in [-0.39, 0.29) is 12.1 Å². The number of urea groups is 1. The van der Waals surface area contributed by atoms with Crippen molar-refractivity contribution in [1.82, 2.24) is 20.0 Å². The van der Waals surface area contributed by atoms with E-state index in [0.717, 1.165) is 6.07 Å². The number of piperidine rings is 1. The predicted octanol–water partition coefficient (Wildman–Crippen LogP) is 2.27. The number of nitrogens with zero attached hydrogens (tertiary/aromatic N) is 3. The molecule has 1 aliphatic rings. The third-order valence-corrected chi connectivity index (χ3v) is 3.35. The number of carbonyl (C=O) groups is 1. The van der Waals surface area contributed by atoms with Gasteiger partial charge >= 0.3 is 12.2 Å². The molecule has 1 aliphatic heterocycles. The zero-order valence-electron chi connectivity index (χ0n) is 11.2. The van der Waals surface area contributed by atoms with Gasteiger partial charge in [0, 0.05) is 25.8 Å². The molecule has 2 amide bonds. The van der Waals surface area contributed by atoms with Gasteiger partial charge in [-0.05, 0) is 25.8 Å². The van der Waals surface area contributed by atoms with E-state index >= 15 is 0 Å². The van der Waals surface area contributed by atoms with Gasteiger partial charge in [-0.25, -0.2) is 4.79 Å². The van der Waals surface area contributed by atoms with Gasteiger partial charge in [0.25, 0.3) is 0 Å². The molecule has 0 bridgehead atoms. The Morgan fingerprint density at radius 2 is 2.10 bits per heavy atom. The van der Waals surface area contributed by atoms with Gasteiger partial charge in [-0.1, -0.05) is 0 Å². The molecule has 0 unspecified atom stereocenters. The van der Waals surface area contributed by atoms with Crippen LogP contribution in [0.1, 0.15) is 31.5 Å². The lowest BCUT2D eigenvalue weighted by molar-refractivity contribution is -0.141. The van der Waals surface area contributed by atoms with E-state index < -0.39 is 11.9 Å². The highest BCUT2D eigenvalue weighted by Gasteiger charge is 2.34. The molecule has 5 nitrogen and oxygen atoms in total. The monoisotopic (exact) mass is 290 g/mol. The molecule has 20 heavy (non-hydrogen) atoms. The highest BCUT2D eigenvalue weighted by Crippen LogP contribution is 2.29. The van der Waals surface area contributed by atoms with Gasteiger partial charge in [0.2, 0.25) is 0 Å². The van der Waals surface area contributed by atoms with Crippen LogP contribution in [0, 0.1) is 0 Å². The molecular weight excluding hydrogens is 273 g/mol. The van der Waals surface area contributed by atoms with Crippen LogP contribution in [0.25, 0.3) is 0 Å². The van der Waals surface area contributed by atoms with E-state index in [9.17, 15) is 18.0 Å². The normalized spacial score (nSPS) is 17.3. The third kappa shape index (κ3) is 3.23. The number of likely N-dealkylation sites (tertiary alicyclic amines) is 1. The summed E-state index contributed by atoms with van der Waals surface area (Å²) in [5.74, 6) is 0. The predicted molar refractivity (Wildman–Crippen MR) is 66.1 cm³/mol. The van der Waals surface area contributed by atoms with Gasteiger partial charge in [0.15, 0.2) is 5.69 Å². The SMILES string of the molecule is CCNC(=O)N1CCC(n2ccc(C(F)(F)F)n2)CC1. The highest BCUT2D eigenvalue weighted by atomic mass is 19.4. The van der Waals surface area contributed by atoms with Crippen molar-refractivity contribution < 1.29 is 18.0 Å². The van der Waals surface area contributed by atoms with E-state index in [1.165, 1.54) is 10.9 Å². The first-order chi connectivity index (χ1) is 9.41. The minimum absolute atomic E-state index is 0.0863. The molecule has 112 valence electrons. The summed E-state index contributed by atoms with van der Waals surface area (Å²) in [6, 6.07) is 0.773. The van der Waals surface area contributed by atoms with Gasteiger partial charge in [-0.3, -0.25) is 4.68 Å². The highest BCUT2D eigenvalue weighted by molar-refractivity contribution is 5.74. The summed E-state index contributed by atoms with van der Waals surface area (Å²) >= 11 is 0. The van der Waals surface area contributed by atoms with Crippen LogP contribution in [-0.4, -0.2) is 40.3 Å². The minimum Gasteiger partial charge on any atom is -0.338 e. The maximum absolute atomic E-state index is 12.5. The number of rotatable bonds is 2. The van der Waals surface area contributed by atoms with Crippen molar-refractivity contribution in [1.29, 1.82) is 0 Å². The lowest BCUT2D eigenvalue weighted by Crippen LogP contribution is -2.44. The maximum Gasteiger partial charge on any atom is 0.435 e. The Morgan fingerprint density at radius 1 is 1.45 bits per heavy atom. The Hall–Kier alpha value is -1.73. The fourth-order valence-electron chi connectivity index (χ4n) is 2.29. The van der Waals surface area contributed by atoms with Crippen molar-refractivity contribution in [3.05, 3.63) is 18.0 Å². The maximum atomic E-state index is 12.5. The molecule has 0 atom stereocenters. The zero-order valence-corrected chi connectivity index (χ0v) is 11.2. The Kier molecular flexibility index (Phi) is 4.20. The van der Waals surface area contributed by atoms with Crippen LogP contribution in [0.15, 0.2) is 12.3 Å². The molecule has 2 heterocycles. The number of halogens is 3. The summed E-state index contributed by atoms with van der Waals surface area (Å²) in [4.78, 5) is 13.3. The van der Waals surface area contributed by atoms with Crippen LogP contribution in [0.3, 0.4) is 0 Å². The summed E-state index contributed by atoms with van der Waals surface area (Å²) < 4.78 is 38.8. The lowest BCUT2D eigenvalue weighted by Gasteiger charge is -2.32. The minimum atomic E-state index is -4.41. The van der Waals surface area contributed by atoms with Crippen molar-refractivity contribution in [3.63, 3.8) is 0 Å². The number of amides is 2. The molecule has 1 saturated heterocycles. The van der Waals surface area contributed by atoms with Gasteiger partial charge in [-0.2, -0.15) is 18.3 Å². The second kappa shape index (κ2) is 5.72. The second-order valence-corrected chi connectivity index (χ2v) is 4.73. The van der Waals surface area contributed by atoms with E-state index in [1.54, 1.807) is 4.90 Å². The molecule has 1 aromatic rings. The summed E-state index contributed by atoms with van der Waals surface area (Å²) in [7, 11) is 0. The number of hydrogen-bond acceptors (Lipinski definition) is 2. The first kappa shape index (κ1) is 14.7. The molecule has 0 aromatic carbocycles. The van der Waals surface area contributed by atoms with Crippen LogP contribution in [-0.2, 0) is 6.18 Å². The Labute approximate surface area is 114 Å². The van der Waals surface area contributed by atoms with Crippen molar-refractivity contribution in [2.75, 3.05) is 19.6 Å². The smallest absolute Gasteiger partial charge is 0.338 e. The van der Waals surface area contributed by atoms with E-state index in [0.29, 0.717) is 32.5 Å². The molecule has 0 saturated carbocycles. The topological polar surface area (TPSA) is 50.2 Å². The van der Waals surface area contributed by atoms with E-state index in [1.807, 2.05) is 6.92 Å². The van der Waals surface area contributed by atoms with Crippen LogP contribution >= 0.6 is 0 Å². The van der Waals surface area contributed by atoms with E-state index in [2.05, 4.69) is 10.4 Å². The largest absolute Gasteiger partial charge is 0.435 e. The fourth-order valence-corrected chi connectivity index (χ4v) is 2.29. The second-order valence-electron chi connectivity index (χ2n) is 4.73. The first-order valence-electron chi connectivity index (χ1n) is 6.57. The first-order valence-corrected chi connectivity index (χ1v) is 6.57. The molecule has 0 aliphatic carbocycles. The van der Waals surface area contributed by atoms with Gasteiger partial charge in [0.1, 0.15) is 0 Å². The molecule has 1 N–H and O–H groups in total. The van der Waals surface area contributed by atoms with Crippen molar-refractivity contribution in [3.8, 4) is 0 Å². The summed E-state index contributed by atoms with van der Waals surface area (Å²) in [6.45, 7) is 3.45. The fraction of sp³-hybridized carbons (Fsp3) is 0.667. The Morgan fingerprint density at radius 3 is 2.60 bits per heavy atom. The average molecular weight is 290 g/mol. The van der Waals surface area contributed by atoms with Gasteiger partial charge < -0.3 is 10.2 Å². The number of hydrogen-bond donors (Lipinski definition) is 1. The number of alkyl halides is 3. The molecule has 1 aromatic heterocycles. The third-order valence-electron chi connectivity index (χ3n) is 3.35. The molecule has 2 rings (SSSR count). The molecule has 0 radical (unpaired) electrons. The van der Waals surface area contributed by atoms with Crippen LogP contribution < -0.4 is 5.32 Å². The van der Waals surface area contributed by atoms with Crippen LogP contribution in [0.5, 0.6) is 0 Å². The average Bonchev–Trinajstić information content (AvgIpc) is 2.89. The van der Waals surface area contributed by atoms with Crippen molar-refractivity contribution >= 4 is 6.03 Å². The summed E-state index contributed by atoms with van der Waals surface area (Å²) in [5.41, 5.74) is -0.872. The molecule has 0 spiro atoms. The van der Waals surface area contributed by atoms with Gasteiger partial charge in [0.05, 0.1) is 6.04 Å². The summed E-state index contributed by atoms with van der Waals surface area (Å²) in [5, 5.41) is 6.29. The quantitative estimate of drug-likeness (QED) is 0.908. The number of aromatic nitrogens is 2. The standard InChI is InChI=1S/C12H17F3N4O/c1-2-16-11(20)18-6-3-9(4-7-18)19-8-5-10(17-19)12(13,14)15/h5,8-9H,2-4,6-7H2,1H3,(H,16,20). The van der Waals surface area contributed by atoms with E-state index in [4.69, 9.17) is 0 Å². The van der Waals surface area contributed by atoms with Crippen LogP contribution in [0.2, 0.25) is 0 Å². The zero-order chi connectivity index (χ0) is 14.8.